The summed E-state index contributed by atoms with van der Waals surface area (Å²) >= 11 is 0. The van der Waals surface area contributed by atoms with Crippen molar-refractivity contribution in [2.24, 2.45) is 0 Å². The first-order chi connectivity index (χ1) is 12.3. The Morgan fingerprint density at radius 3 is 2.54 bits per heavy atom. The molecule has 1 aliphatic rings. The Morgan fingerprint density at radius 1 is 1.23 bits per heavy atom. The molecular weight excluding hydrogens is 332 g/mol. The van der Waals surface area contributed by atoms with Crippen LogP contribution in [0.2, 0.25) is 0 Å². The number of aromatic hydroxyl groups is 2. The summed E-state index contributed by atoms with van der Waals surface area (Å²) in [5, 5.41) is 30.3. The lowest BCUT2D eigenvalue weighted by atomic mass is 9.95. The summed E-state index contributed by atoms with van der Waals surface area (Å²) in [4.78, 5) is 0. The zero-order chi connectivity index (χ0) is 18.9. The minimum absolute atomic E-state index is 0.154. The quantitative estimate of drug-likeness (QED) is 0.765. The van der Waals surface area contributed by atoms with Gasteiger partial charge in [0.1, 0.15) is 29.1 Å². The van der Waals surface area contributed by atoms with E-state index in [-0.39, 0.29) is 11.5 Å². The average Bonchev–Trinajstić information content (AvgIpc) is 3.03. The number of methoxy groups -OCH3 is 1. The van der Waals surface area contributed by atoms with E-state index in [0.29, 0.717) is 35.5 Å². The van der Waals surface area contributed by atoms with Crippen LogP contribution in [0.4, 0.5) is 0 Å². The largest absolute Gasteiger partial charge is 0.508 e. The molecule has 3 rings (SSSR count). The van der Waals surface area contributed by atoms with Crippen LogP contribution < -0.4 is 9.47 Å². The van der Waals surface area contributed by atoms with E-state index in [1.54, 1.807) is 39.2 Å². The zero-order valence-electron chi connectivity index (χ0n) is 15.2. The van der Waals surface area contributed by atoms with E-state index in [2.05, 4.69) is 0 Å². The highest BCUT2D eigenvalue weighted by molar-refractivity contribution is 5.60. The maximum atomic E-state index is 10.7. The predicted octanol–water partition coefficient (Wildman–Crippen LogP) is 3.44. The second-order valence-corrected chi connectivity index (χ2v) is 7.04. The Morgan fingerprint density at radius 2 is 1.92 bits per heavy atom. The Bertz CT molecular complexity index is 816. The predicted molar refractivity (Wildman–Crippen MR) is 99.9 cm³/mol. The number of rotatable bonds is 5. The molecule has 1 heterocycles. The molecule has 1 atom stereocenters. The molecule has 0 aliphatic carbocycles. The molecule has 2 aromatic rings. The summed E-state index contributed by atoms with van der Waals surface area (Å²) in [6.45, 7) is 3.39. The Labute approximate surface area is 153 Å². The van der Waals surface area contributed by atoms with Crippen molar-refractivity contribution in [3.05, 3.63) is 53.1 Å². The highest BCUT2D eigenvalue weighted by atomic mass is 16.5. The summed E-state index contributed by atoms with van der Waals surface area (Å²) in [5.74, 6) is 1.48. The van der Waals surface area contributed by atoms with Crippen LogP contribution in [0, 0.1) is 0 Å². The molecular formula is C21H24O5. The normalized spacial score (nSPS) is 16.5. The fourth-order valence-corrected chi connectivity index (χ4v) is 3.06. The van der Waals surface area contributed by atoms with Gasteiger partial charge in [-0.1, -0.05) is 24.3 Å². The third kappa shape index (κ3) is 3.63. The molecule has 0 amide bonds. The summed E-state index contributed by atoms with van der Waals surface area (Å²) in [6.07, 6.45) is 4.37. The molecule has 2 aromatic carbocycles. The second kappa shape index (κ2) is 6.92. The van der Waals surface area contributed by atoms with Gasteiger partial charge in [0.25, 0.3) is 0 Å². The molecule has 138 valence electrons. The molecule has 26 heavy (non-hydrogen) atoms. The summed E-state index contributed by atoms with van der Waals surface area (Å²) in [7, 11) is 1.55. The van der Waals surface area contributed by atoms with Crippen molar-refractivity contribution in [3.8, 4) is 23.0 Å². The van der Waals surface area contributed by atoms with Crippen LogP contribution in [0.15, 0.2) is 36.4 Å². The highest BCUT2D eigenvalue weighted by Crippen LogP contribution is 2.44. The van der Waals surface area contributed by atoms with E-state index in [0.717, 1.165) is 5.56 Å². The molecule has 0 saturated heterocycles. The van der Waals surface area contributed by atoms with E-state index in [4.69, 9.17) is 9.47 Å². The molecule has 3 N–H and O–H groups in total. The van der Waals surface area contributed by atoms with Crippen LogP contribution in [-0.4, -0.2) is 34.1 Å². The van der Waals surface area contributed by atoms with Crippen LogP contribution in [0.3, 0.4) is 0 Å². The monoisotopic (exact) mass is 356 g/mol. The van der Waals surface area contributed by atoms with Crippen molar-refractivity contribution in [3.63, 3.8) is 0 Å². The molecule has 0 fully saturated rings. The first-order valence-electron chi connectivity index (χ1n) is 8.56. The van der Waals surface area contributed by atoms with Gasteiger partial charge < -0.3 is 24.8 Å². The van der Waals surface area contributed by atoms with Gasteiger partial charge in [-0.3, -0.25) is 0 Å². The van der Waals surface area contributed by atoms with Gasteiger partial charge in [-0.25, -0.2) is 0 Å². The van der Waals surface area contributed by atoms with Crippen molar-refractivity contribution >= 4 is 6.08 Å². The molecule has 0 aromatic heterocycles. The van der Waals surface area contributed by atoms with Gasteiger partial charge in [0.2, 0.25) is 0 Å². The summed E-state index contributed by atoms with van der Waals surface area (Å²) in [5.41, 5.74) is 1.33. The van der Waals surface area contributed by atoms with E-state index in [1.165, 1.54) is 0 Å². The van der Waals surface area contributed by atoms with Gasteiger partial charge >= 0.3 is 0 Å². The maximum absolute atomic E-state index is 10.7. The van der Waals surface area contributed by atoms with E-state index >= 15 is 0 Å². The highest BCUT2D eigenvalue weighted by Gasteiger charge is 2.37. The number of aliphatic hydroxyl groups is 1. The van der Waals surface area contributed by atoms with Crippen molar-refractivity contribution in [2.45, 2.75) is 38.4 Å². The standard InChI is InChI=1S/C21H24O5/c1-21(2,24)19-11-16-18(26-19)12-17(25-3)15(20(16)23)6-4-5-13-7-9-14(22)10-8-13/h4-5,7-10,12,19,22-24H,6,11H2,1-3H3. The Balaban J connectivity index is 1.85. The lowest BCUT2D eigenvalue weighted by molar-refractivity contribution is -0.0230. The van der Waals surface area contributed by atoms with E-state index in [9.17, 15) is 15.3 Å². The van der Waals surface area contributed by atoms with Crippen LogP contribution in [-0.2, 0) is 12.8 Å². The minimum Gasteiger partial charge on any atom is -0.508 e. The third-order valence-electron chi connectivity index (χ3n) is 4.62. The van der Waals surface area contributed by atoms with Crippen molar-refractivity contribution in [2.75, 3.05) is 7.11 Å². The van der Waals surface area contributed by atoms with Crippen LogP contribution in [0.1, 0.15) is 30.5 Å². The smallest absolute Gasteiger partial charge is 0.131 e. The Hall–Kier alpha value is -2.66. The van der Waals surface area contributed by atoms with Gasteiger partial charge in [0, 0.05) is 23.6 Å². The molecule has 0 radical (unpaired) electrons. The number of phenols is 2. The molecule has 5 heteroatoms. The van der Waals surface area contributed by atoms with Gasteiger partial charge in [0.15, 0.2) is 0 Å². The van der Waals surface area contributed by atoms with Crippen LogP contribution in [0.25, 0.3) is 6.08 Å². The summed E-state index contributed by atoms with van der Waals surface area (Å²) < 4.78 is 11.2. The number of hydrogen-bond donors (Lipinski definition) is 3. The first-order valence-corrected chi connectivity index (χ1v) is 8.56. The third-order valence-corrected chi connectivity index (χ3v) is 4.62. The fourth-order valence-electron chi connectivity index (χ4n) is 3.06. The molecule has 0 spiro atoms. The van der Waals surface area contributed by atoms with E-state index < -0.39 is 11.7 Å². The molecule has 1 unspecified atom stereocenters. The average molecular weight is 356 g/mol. The topological polar surface area (TPSA) is 79.2 Å². The fraction of sp³-hybridized carbons (Fsp3) is 0.333. The van der Waals surface area contributed by atoms with Gasteiger partial charge in [-0.2, -0.15) is 0 Å². The van der Waals surface area contributed by atoms with Crippen molar-refractivity contribution < 1.29 is 24.8 Å². The minimum atomic E-state index is -1.00. The van der Waals surface area contributed by atoms with Crippen LogP contribution >= 0.6 is 0 Å². The van der Waals surface area contributed by atoms with Crippen molar-refractivity contribution in [1.82, 2.24) is 0 Å². The summed E-state index contributed by atoms with van der Waals surface area (Å²) in [6, 6.07) is 8.65. The number of allylic oxidation sites excluding steroid dienone is 1. The molecule has 1 aliphatic heterocycles. The molecule has 5 nitrogen and oxygen atoms in total. The van der Waals surface area contributed by atoms with E-state index in [1.807, 2.05) is 24.3 Å². The van der Waals surface area contributed by atoms with Gasteiger partial charge in [-0.05, 0) is 38.0 Å². The molecule has 0 saturated carbocycles. The lowest BCUT2D eigenvalue weighted by Crippen LogP contribution is -2.39. The SMILES string of the molecule is COc1cc2c(c(O)c1CC=Cc1ccc(O)cc1)CC(C(C)(C)O)O2. The maximum Gasteiger partial charge on any atom is 0.131 e. The number of fused-ring (bicyclic) bond motifs is 1. The lowest BCUT2D eigenvalue weighted by Gasteiger charge is -2.24. The van der Waals surface area contributed by atoms with Crippen molar-refractivity contribution in [1.29, 1.82) is 0 Å². The number of ether oxygens (including phenoxy) is 2. The Kier molecular flexibility index (Phi) is 4.83. The van der Waals surface area contributed by atoms with Gasteiger partial charge in [-0.15, -0.1) is 0 Å². The number of benzene rings is 2. The first kappa shape index (κ1) is 18.1. The van der Waals surface area contributed by atoms with Gasteiger partial charge in [0.05, 0.1) is 12.7 Å². The zero-order valence-corrected chi connectivity index (χ0v) is 15.2. The number of hydrogen-bond acceptors (Lipinski definition) is 5. The number of phenolic OH excluding ortho intramolecular Hbond substituents is 2. The van der Waals surface area contributed by atoms with Crippen LogP contribution in [0.5, 0.6) is 23.0 Å². The molecule has 0 bridgehead atoms. The second-order valence-electron chi connectivity index (χ2n) is 7.04.